The lowest BCUT2D eigenvalue weighted by Gasteiger charge is -2.36. The molecule has 0 bridgehead atoms. The van der Waals surface area contributed by atoms with Gasteiger partial charge in [-0.05, 0) is 32.3 Å². The van der Waals surface area contributed by atoms with Crippen molar-refractivity contribution in [1.82, 2.24) is 5.32 Å². The number of carbonyl (C=O) groups excluding carboxylic acids is 2. The van der Waals surface area contributed by atoms with Gasteiger partial charge in [0.1, 0.15) is 0 Å². The smallest absolute Gasteiger partial charge is 0.333 e. The van der Waals surface area contributed by atoms with Crippen LogP contribution in [0.15, 0.2) is 11.6 Å². The molecule has 0 aromatic carbocycles. The molecule has 6 nitrogen and oxygen atoms in total. The van der Waals surface area contributed by atoms with E-state index >= 15 is 0 Å². The summed E-state index contributed by atoms with van der Waals surface area (Å²) >= 11 is 0. The predicted molar refractivity (Wildman–Crippen MR) is 84.2 cm³/mol. The third-order valence-electron chi connectivity index (χ3n) is 3.80. The number of amides is 1. The van der Waals surface area contributed by atoms with E-state index in [1.807, 2.05) is 13.8 Å². The Kier molecular flexibility index (Phi) is 7.55. The first-order valence-electron chi connectivity index (χ1n) is 7.98. The highest BCUT2D eigenvalue weighted by atomic mass is 16.5. The lowest BCUT2D eigenvalue weighted by atomic mass is 9.88. The molecule has 1 rings (SSSR count). The molecule has 126 valence electrons. The van der Waals surface area contributed by atoms with Gasteiger partial charge in [0.25, 0.3) is 0 Å². The first kappa shape index (κ1) is 18.6. The molecule has 0 spiro atoms. The molecule has 0 aromatic rings. The fourth-order valence-corrected chi connectivity index (χ4v) is 2.62. The number of ether oxygens (including phenoxy) is 2. The van der Waals surface area contributed by atoms with Gasteiger partial charge in [-0.15, -0.1) is 0 Å². The van der Waals surface area contributed by atoms with Crippen LogP contribution < -0.4 is 11.1 Å². The molecule has 0 saturated carbocycles. The molecule has 22 heavy (non-hydrogen) atoms. The van der Waals surface area contributed by atoms with Crippen LogP contribution >= 0.6 is 0 Å². The summed E-state index contributed by atoms with van der Waals surface area (Å²) in [7, 11) is 0. The molecule has 1 aliphatic carbocycles. The lowest BCUT2D eigenvalue weighted by Crippen LogP contribution is -2.57. The van der Waals surface area contributed by atoms with E-state index in [0.29, 0.717) is 18.6 Å². The minimum Gasteiger partial charge on any atom is -0.463 e. The molecule has 0 aromatic heterocycles. The zero-order valence-electron chi connectivity index (χ0n) is 13.9. The van der Waals surface area contributed by atoms with Crippen molar-refractivity contribution >= 4 is 11.9 Å². The molecule has 0 saturated heterocycles. The van der Waals surface area contributed by atoms with Crippen molar-refractivity contribution in [2.45, 2.75) is 71.2 Å². The first-order chi connectivity index (χ1) is 10.4. The minimum atomic E-state index is -0.419. The summed E-state index contributed by atoms with van der Waals surface area (Å²) in [5, 5.41) is 2.84. The third-order valence-corrected chi connectivity index (χ3v) is 3.80. The molecule has 1 amide bonds. The molecule has 0 aliphatic heterocycles. The summed E-state index contributed by atoms with van der Waals surface area (Å²) in [6.45, 7) is 7.62. The van der Waals surface area contributed by atoms with Crippen molar-refractivity contribution in [3.05, 3.63) is 11.6 Å². The lowest BCUT2D eigenvalue weighted by molar-refractivity contribution is -0.139. The average molecular weight is 312 g/mol. The van der Waals surface area contributed by atoms with Gasteiger partial charge < -0.3 is 20.5 Å². The normalized spacial score (nSPS) is 24.8. The maximum absolute atomic E-state index is 12.0. The van der Waals surface area contributed by atoms with Crippen LogP contribution in [-0.2, 0) is 19.1 Å². The van der Waals surface area contributed by atoms with E-state index in [1.54, 1.807) is 13.0 Å². The van der Waals surface area contributed by atoms with Gasteiger partial charge in [0.05, 0.1) is 24.9 Å². The van der Waals surface area contributed by atoms with Gasteiger partial charge >= 0.3 is 5.97 Å². The Morgan fingerprint density at radius 1 is 1.36 bits per heavy atom. The molecule has 6 heteroatoms. The van der Waals surface area contributed by atoms with Gasteiger partial charge in [-0.3, -0.25) is 4.79 Å². The Bertz CT molecular complexity index is 418. The highest BCUT2D eigenvalue weighted by molar-refractivity contribution is 5.89. The molecule has 1 aliphatic rings. The number of esters is 1. The van der Waals surface area contributed by atoms with Gasteiger partial charge in [0, 0.05) is 18.5 Å². The predicted octanol–water partition coefficient (Wildman–Crippen LogP) is 1.29. The van der Waals surface area contributed by atoms with Gasteiger partial charge in [0.2, 0.25) is 5.91 Å². The SMILES string of the molecule is CCOC(=O)C1=CC(OC(CC)CC)[C@H](NC(C)=O)C(N)C1. The summed E-state index contributed by atoms with van der Waals surface area (Å²) in [5.41, 5.74) is 6.68. The quantitative estimate of drug-likeness (QED) is 0.691. The summed E-state index contributed by atoms with van der Waals surface area (Å²) in [5.74, 6) is -0.524. The Balaban J connectivity index is 2.98. The van der Waals surface area contributed by atoms with E-state index in [2.05, 4.69) is 5.32 Å². The molecule has 0 fully saturated rings. The topological polar surface area (TPSA) is 90.6 Å². The fourth-order valence-electron chi connectivity index (χ4n) is 2.62. The first-order valence-corrected chi connectivity index (χ1v) is 7.98. The van der Waals surface area contributed by atoms with E-state index in [0.717, 1.165) is 12.8 Å². The minimum absolute atomic E-state index is 0.0613. The number of nitrogens with one attached hydrogen (secondary N) is 1. The number of hydrogen-bond acceptors (Lipinski definition) is 5. The summed E-state index contributed by atoms with van der Waals surface area (Å²) in [6, 6.07) is -0.719. The highest BCUT2D eigenvalue weighted by Crippen LogP contribution is 2.24. The van der Waals surface area contributed by atoms with Crippen LogP contribution in [0.1, 0.15) is 47.0 Å². The van der Waals surface area contributed by atoms with E-state index in [-0.39, 0.29) is 30.1 Å². The molecule has 3 N–H and O–H groups in total. The average Bonchev–Trinajstić information content (AvgIpc) is 2.47. The second-order valence-electron chi connectivity index (χ2n) is 5.55. The zero-order valence-corrected chi connectivity index (χ0v) is 13.9. The van der Waals surface area contributed by atoms with Crippen LogP contribution in [0.25, 0.3) is 0 Å². The molecule has 3 atom stereocenters. The summed E-state index contributed by atoms with van der Waals surface area (Å²) in [4.78, 5) is 23.4. The van der Waals surface area contributed by atoms with E-state index in [4.69, 9.17) is 15.2 Å². The van der Waals surface area contributed by atoms with Crippen LogP contribution in [0.5, 0.6) is 0 Å². The fraction of sp³-hybridized carbons (Fsp3) is 0.750. The van der Waals surface area contributed by atoms with Gasteiger partial charge in [-0.2, -0.15) is 0 Å². The largest absolute Gasteiger partial charge is 0.463 e. The molecular weight excluding hydrogens is 284 g/mol. The highest BCUT2D eigenvalue weighted by Gasteiger charge is 2.35. The monoisotopic (exact) mass is 312 g/mol. The Hall–Kier alpha value is -1.40. The summed E-state index contributed by atoms with van der Waals surface area (Å²) < 4.78 is 11.1. The van der Waals surface area contributed by atoms with Crippen LogP contribution in [-0.4, -0.2) is 42.8 Å². The Morgan fingerprint density at radius 3 is 2.50 bits per heavy atom. The summed E-state index contributed by atoms with van der Waals surface area (Å²) in [6.07, 6.45) is 3.48. The van der Waals surface area contributed by atoms with Crippen molar-refractivity contribution < 1.29 is 19.1 Å². The second kappa shape index (κ2) is 8.90. The van der Waals surface area contributed by atoms with Crippen molar-refractivity contribution in [3.8, 4) is 0 Å². The Labute approximate surface area is 132 Å². The third kappa shape index (κ3) is 5.10. The van der Waals surface area contributed by atoms with Gasteiger partial charge in [-0.25, -0.2) is 4.79 Å². The van der Waals surface area contributed by atoms with Gasteiger partial charge in [-0.1, -0.05) is 13.8 Å². The van der Waals surface area contributed by atoms with E-state index in [1.165, 1.54) is 6.92 Å². The van der Waals surface area contributed by atoms with Gasteiger partial charge in [0.15, 0.2) is 0 Å². The molecule has 2 unspecified atom stereocenters. The van der Waals surface area contributed by atoms with Crippen molar-refractivity contribution in [2.24, 2.45) is 5.73 Å². The van der Waals surface area contributed by atoms with Crippen LogP contribution in [0, 0.1) is 0 Å². The number of nitrogens with two attached hydrogens (primary N) is 1. The number of carbonyl (C=O) groups is 2. The Morgan fingerprint density at radius 2 is 2.00 bits per heavy atom. The zero-order chi connectivity index (χ0) is 16.7. The number of rotatable bonds is 7. The van der Waals surface area contributed by atoms with E-state index in [9.17, 15) is 9.59 Å². The maximum atomic E-state index is 12.0. The van der Waals surface area contributed by atoms with Crippen molar-refractivity contribution in [1.29, 1.82) is 0 Å². The number of hydrogen-bond donors (Lipinski definition) is 2. The standard InChI is InChI=1S/C16H28N2O4/c1-5-12(6-2)22-14-9-11(16(20)21-7-3)8-13(17)15(14)18-10(4)19/h9,12-15H,5-8,17H2,1-4H3,(H,18,19)/t13?,14?,15-/m1/s1. The van der Waals surface area contributed by atoms with Crippen molar-refractivity contribution in [2.75, 3.05) is 6.61 Å². The second-order valence-corrected chi connectivity index (χ2v) is 5.55. The van der Waals surface area contributed by atoms with E-state index < -0.39 is 6.10 Å². The van der Waals surface area contributed by atoms with Crippen LogP contribution in [0.4, 0.5) is 0 Å². The van der Waals surface area contributed by atoms with Crippen molar-refractivity contribution in [3.63, 3.8) is 0 Å². The molecular formula is C16H28N2O4. The molecule has 0 radical (unpaired) electrons. The maximum Gasteiger partial charge on any atom is 0.333 e. The van der Waals surface area contributed by atoms with Crippen LogP contribution in [0.2, 0.25) is 0 Å². The van der Waals surface area contributed by atoms with Crippen LogP contribution in [0.3, 0.4) is 0 Å². The molecule has 0 heterocycles.